The van der Waals surface area contributed by atoms with Crippen molar-refractivity contribution in [2.45, 2.75) is 0 Å². The lowest BCUT2D eigenvalue weighted by atomic mass is 10.2. The van der Waals surface area contributed by atoms with E-state index in [1.165, 1.54) is 18.2 Å². The predicted octanol–water partition coefficient (Wildman–Crippen LogP) is 1.99. The standard InChI is InChI=1S/C12H7FN2O/c13-8-4-5-9-10(7-8)15-6-2-1-3-11(15)14-12(9)16/h1-7H. The van der Waals surface area contributed by atoms with Gasteiger partial charge in [-0.2, -0.15) is 4.98 Å². The van der Waals surface area contributed by atoms with Gasteiger partial charge in [0, 0.05) is 6.20 Å². The second-order valence-corrected chi connectivity index (χ2v) is 3.51. The van der Waals surface area contributed by atoms with Gasteiger partial charge in [0.2, 0.25) is 0 Å². The maximum absolute atomic E-state index is 13.2. The fourth-order valence-corrected chi connectivity index (χ4v) is 1.78. The van der Waals surface area contributed by atoms with Gasteiger partial charge < -0.3 is 4.40 Å². The number of nitrogens with zero attached hydrogens (tertiary/aromatic N) is 2. The average molecular weight is 214 g/mol. The Kier molecular flexibility index (Phi) is 1.77. The van der Waals surface area contributed by atoms with Gasteiger partial charge in [0.05, 0.1) is 10.9 Å². The van der Waals surface area contributed by atoms with Gasteiger partial charge in [0.25, 0.3) is 5.56 Å². The normalized spacial score (nSPS) is 11.1. The van der Waals surface area contributed by atoms with Crippen molar-refractivity contribution in [2.75, 3.05) is 0 Å². The van der Waals surface area contributed by atoms with Crippen LogP contribution in [0.4, 0.5) is 4.39 Å². The fraction of sp³-hybridized carbons (Fsp3) is 0. The molecule has 0 N–H and O–H groups in total. The van der Waals surface area contributed by atoms with Crippen molar-refractivity contribution >= 4 is 16.6 Å². The summed E-state index contributed by atoms with van der Waals surface area (Å²) in [6.45, 7) is 0. The number of hydrogen-bond donors (Lipinski definition) is 0. The highest BCUT2D eigenvalue weighted by Crippen LogP contribution is 2.12. The van der Waals surface area contributed by atoms with Crippen molar-refractivity contribution in [3.63, 3.8) is 0 Å². The Hall–Kier alpha value is -2.23. The maximum atomic E-state index is 13.2. The van der Waals surface area contributed by atoms with Crippen LogP contribution in [0.25, 0.3) is 16.6 Å². The molecule has 16 heavy (non-hydrogen) atoms. The van der Waals surface area contributed by atoms with Gasteiger partial charge in [0.15, 0.2) is 0 Å². The smallest absolute Gasteiger partial charge is 0.281 e. The number of hydrogen-bond acceptors (Lipinski definition) is 2. The van der Waals surface area contributed by atoms with E-state index in [-0.39, 0.29) is 11.4 Å². The van der Waals surface area contributed by atoms with Gasteiger partial charge in [-0.3, -0.25) is 4.79 Å². The molecule has 0 spiro atoms. The molecule has 0 saturated heterocycles. The minimum atomic E-state index is -0.365. The van der Waals surface area contributed by atoms with Crippen LogP contribution in [0.2, 0.25) is 0 Å². The van der Waals surface area contributed by atoms with Crippen LogP contribution in [0.3, 0.4) is 0 Å². The quantitative estimate of drug-likeness (QED) is 0.536. The Morgan fingerprint density at radius 1 is 1.19 bits per heavy atom. The first-order valence-electron chi connectivity index (χ1n) is 4.82. The lowest BCUT2D eigenvalue weighted by molar-refractivity contribution is 0.629. The molecule has 2 heterocycles. The first kappa shape index (κ1) is 9.03. The molecule has 3 rings (SSSR count). The van der Waals surface area contributed by atoms with Crippen LogP contribution in [0.5, 0.6) is 0 Å². The van der Waals surface area contributed by atoms with Crippen LogP contribution in [0.1, 0.15) is 0 Å². The summed E-state index contributed by atoms with van der Waals surface area (Å²) in [5, 5.41) is 0.421. The molecule has 0 radical (unpaired) electrons. The summed E-state index contributed by atoms with van der Waals surface area (Å²) in [4.78, 5) is 15.6. The minimum absolute atomic E-state index is 0.332. The van der Waals surface area contributed by atoms with E-state index < -0.39 is 0 Å². The number of rotatable bonds is 0. The molecule has 0 fully saturated rings. The van der Waals surface area contributed by atoms with Crippen LogP contribution in [-0.4, -0.2) is 9.38 Å². The Morgan fingerprint density at radius 3 is 2.94 bits per heavy atom. The number of aromatic nitrogens is 2. The third kappa shape index (κ3) is 1.20. The van der Waals surface area contributed by atoms with Gasteiger partial charge in [-0.05, 0) is 30.3 Å². The van der Waals surface area contributed by atoms with Crippen LogP contribution in [0, 0.1) is 5.82 Å². The molecule has 0 aliphatic rings. The van der Waals surface area contributed by atoms with Crippen LogP contribution < -0.4 is 5.56 Å². The fourth-order valence-electron chi connectivity index (χ4n) is 1.78. The third-order valence-electron chi connectivity index (χ3n) is 2.50. The van der Waals surface area contributed by atoms with E-state index in [0.717, 1.165) is 0 Å². The van der Waals surface area contributed by atoms with Gasteiger partial charge >= 0.3 is 0 Å². The second-order valence-electron chi connectivity index (χ2n) is 3.51. The first-order valence-corrected chi connectivity index (χ1v) is 4.82. The largest absolute Gasteiger partial charge is 0.301 e. The highest BCUT2D eigenvalue weighted by molar-refractivity contribution is 5.80. The van der Waals surface area contributed by atoms with Gasteiger partial charge in [-0.15, -0.1) is 0 Å². The topological polar surface area (TPSA) is 34.4 Å². The molecular weight excluding hydrogens is 207 g/mol. The molecule has 3 aromatic rings. The molecule has 0 aliphatic carbocycles. The monoisotopic (exact) mass is 214 g/mol. The van der Waals surface area contributed by atoms with Crippen molar-refractivity contribution in [3.05, 3.63) is 58.8 Å². The Balaban J connectivity index is 2.67. The summed E-state index contributed by atoms with van der Waals surface area (Å²) in [6, 6.07) is 9.37. The van der Waals surface area contributed by atoms with E-state index in [4.69, 9.17) is 0 Å². The Labute approximate surface area is 89.8 Å². The molecule has 3 nitrogen and oxygen atoms in total. The Morgan fingerprint density at radius 2 is 2.06 bits per heavy atom. The van der Waals surface area contributed by atoms with Gasteiger partial charge in [-0.25, -0.2) is 4.39 Å². The van der Waals surface area contributed by atoms with Crippen molar-refractivity contribution < 1.29 is 4.39 Å². The lowest BCUT2D eigenvalue weighted by Gasteiger charge is -2.04. The zero-order valence-corrected chi connectivity index (χ0v) is 8.22. The van der Waals surface area contributed by atoms with Crippen molar-refractivity contribution in [2.24, 2.45) is 0 Å². The van der Waals surface area contributed by atoms with E-state index in [2.05, 4.69) is 4.98 Å². The highest BCUT2D eigenvalue weighted by Gasteiger charge is 2.05. The summed E-state index contributed by atoms with van der Waals surface area (Å²) in [6.07, 6.45) is 1.75. The molecule has 78 valence electrons. The molecule has 0 amide bonds. The molecule has 4 heteroatoms. The van der Waals surface area contributed by atoms with E-state index in [1.807, 2.05) is 6.07 Å². The van der Waals surface area contributed by atoms with Crippen LogP contribution in [0.15, 0.2) is 47.4 Å². The number of halogens is 1. The summed E-state index contributed by atoms with van der Waals surface area (Å²) in [5.74, 6) is -0.365. The molecule has 0 bridgehead atoms. The predicted molar refractivity (Wildman–Crippen MR) is 58.9 cm³/mol. The SMILES string of the molecule is O=c1nc2ccccn2c2cc(F)ccc12. The highest BCUT2D eigenvalue weighted by atomic mass is 19.1. The lowest BCUT2D eigenvalue weighted by Crippen LogP contribution is -2.10. The third-order valence-corrected chi connectivity index (χ3v) is 2.50. The first-order chi connectivity index (χ1) is 7.75. The molecule has 0 aliphatic heterocycles. The van der Waals surface area contributed by atoms with Crippen molar-refractivity contribution in [1.29, 1.82) is 0 Å². The van der Waals surface area contributed by atoms with Crippen molar-refractivity contribution in [1.82, 2.24) is 9.38 Å². The van der Waals surface area contributed by atoms with E-state index in [9.17, 15) is 9.18 Å². The molecule has 1 aromatic carbocycles. The second kappa shape index (κ2) is 3.13. The summed E-state index contributed by atoms with van der Waals surface area (Å²) in [7, 11) is 0. The van der Waals surface area contributed by atoms with Gasteiger partial charge in [-0.1, -0.05) is 6.07 Å². The number of fused-ring (bicyclic) bond motifs is 3. The van der Waals surface area contributed by atoms with E-state index in [0.29, 0.717) is 16.6 Å². The molecular formula is C12H7FN2O. The molecule has 2 aromatic heterocycles. The number of pyridine rings is 1. The summed E-state index contributed by atoms with van der Waals surface area (Å²) in [5.41, 5.74) is 0.724. The number of benzene rings is 1. The maximum Gasteiger partial charge on any atom is 0.281 e. The summed E-state index contributed by atoms with van der Waals surface area (Å²) >= 11 is 0. The van der Waals surface area contributed by atoms with Crippen LogP contribution >= 0.6 is 0 Å². The molecule has 0 unspecified atom stereocenters. The molecule has 0 saturated carbocycles. The summed E-state index contributed by atoms with van der Waals surface area (Å²) < 4.78 is 14.9. The van der Waals surface area contributed by atoms with Crippen molar-refractivity contribution in [3.8, 4) is 0 Å². The average Bonchev–Trinajstić information content (AvgIpc) is 2.29. The van der Waals surface area contributed by atoms with Crippen LogP contribution in [-0.2, 0) is 0 Å². The minimum Gasteiger partial charge on any atom is -0.301 e. The molecule has 0 atom stereocenters. The van der Waals surface area contributed by atoms with Gasteiger partial charge in [0.1, 0.15) is 11.5 Å². The van der Waals surface area contributed by atoms with E-state index in [1.54, 1.807) is 22.7 Å². The Bertz CT molecular complexity index is 749. The zero-order chi connectivity index (χ0) is 11.1. The zero-order valence-electron chi connectivity index (χ0n) is 8.22. The van der Waals surface area contributed by atoms with E-state index >= 15 is 0 Å².